The van der Waals surface area contributed by atoms with Gasteiger partial charge < -0.3 is 5.32 Å². The number of carbonyl (C=O) groups is 1. The second kappa shape index (κ2) is 7.99. The molecule has 0 aliphatic heterocycles. The first-order valence-electron chi connectivity index (χ1n) is 8.04. The molecule has 0 aliphatic carbocycles. The van der Waals surface area contributed by atoms with Gasteiger partial charge in [0.2, 0.25) is 15.9 Å². The number of anilines is 1. The average Bonchev–Trinajstić information content (AvgIpc) is 3.07. The Balaban J connectivity index is 1.89. The van der Waals surface area contributed by atoms with Crippen molar-refractivity contribution in [3.63, 3.8) is 0 Å². The Hall–Kier alpha value is -3.28. The molecule has 1 amide bonds. The lowest BCUT2D eigenvalue weighted by Gasteiger charge is -2.11. The van der Waals surface area contributed by atoms with Gasteiger partial charge in [-0.1, -0.05) is 29.8 Å². The topological polar surface area (TPSA) is 150 Å². The van der Waals surface area contributed by atoms with Crippen LogP contribution in [0.25, 0.3) is 5.69 Å². The molecule has 29 heavy (non-hydrogen) atoms. The van der Waals surface area contributed by atoms with Gasteiger partial charge in [-0.3, -0.25) is 14.9 Å². The molecule has 0 radical (unpaired) electrons. The molecule has 3 rings (SSSR count). The number of nitrogens with one attached hydrogen (secondary N) is 1. The summed E-state index contributed by atoms with van der Waals surface area (Å²) < 4.78 is 25.2. The predicted octanol–water partition coefficient (Wildman–Crippen LogP) is 2.26. The highest BCUT2D eigenvalue weighted by Crippen LogP contribution is 2.25. The van der Waals surface area contributed by atoms with Crippen LogP contribution < -0.4 is 10.5 Å². The molecule has 0 fully saturated rings. The molecule has 3 aromatic rings. The minimum atomic E-state index is -4.15. The van der Waals surface area contributed by atoms with Crippen molar-refractivity contribution in [2.75, 3.05) is 5.32 Å². The van der Waals surface area contributed by atoms with Gasteiger partial charge in [0, 0.05) is 23.5 Å². The second-order valence-corrected chi connectivity index (χ2v) is 7.91. The van der Waals surface area contributed by atoms with Gasteiger partial charge >= 0.3 is 0 Å². The smallest absolute Gasteiger partial charge is 0.273 e. The van der Waals surface area contributed by atoms with E-state index in [1.165, 1.54) is 53.5 Å². The number of benzene rings is 2. The third-order valence-corrected chi connectivity index (χ3v) is 5.02. The summed E-state index contributed by atoms with van der Waals surface area (Å²) in [7, 11) is -4.15. The van der Waals surface area contributed by atoms with Gasteiger partial charge in [-0.05, 0) is 18.2 Å². The van der Waals surface area contributed by atoms with E-state index < -0.39 is 20.9 Å². The highest BCUT2D eigenvalue weighted by Gasteiger charge is 2.19. The fourth-order valence-electron chi connectivity index (χ4n) is 2.66. The number of rotatable bonds is 6. The fraction of sp³-hybridized carbons (Fsp3) is 0.0588. The Labute approximate surface area is 170 Å². The van der Waals surface area contributed by atoms with Gasteiger partial charge in [-0.2, -0.15) is 5.10 Å². The Bertz CT molecular complexity index is 1210. The van der Waals surface area contributed by atoms with Gasteiger partial charge in [0.1, 0.15) is 4.90 Å². The zero-order valence-corrected chi connectivity index (χ0v) is 16.2. The number of nitro groups is 1. The van der Waals surface area contributed by atoms with Crippen molar-refractivity contribution in [1.82, 2.24) is 9.78 Å². The van der Waals surface area contributed by atoms with Crippen molar-refractivity contribution >= 4 is 38.9 Å². The molecule has 1 heterocycles. The quantitative estimate of drug-likeness (QED) is 0.447. The summed E-state index contributed by atoms with van der Waals surface area (Å²) >= 11 is 5.82. The van der Waals surface area contributed by atoms with Crippen LogP contribution in [0.5, 0.6) is 0 Å². The largest absolute Gasteiger partial charge is 0.326 e. The molecule has 0 unspecified atom stereocenters. The second-order valence-electron chi connectivity index (χ2n) is 5.94. The van der Waals surface area contributed by atoms with Gasteiger partial charge in [-0.25, -0.2) is 18.2 Å². The molecule has 2 aromatic carbocycles. The van der Waals surface area contributed by atoms with Crippen LogP contribution in [0.4, 0.5) is 11.4 Å². The summed E-state index contributed by atoms with van der Waals surface area (Å²) in [4.78, 5) is 22.5. The normalized spacial score (nSPS) is 11.2. The number of nitrogens with two attached hydrogens (primary N) is 1. The van der Waals surface area contributed by atoms with Crippen LogP contribution in [0.3, 0.4) is 0 Å². The summed E-state index contributed by atoms with van der Waals surface area (Å²) in [6.07, 6.45) is 2.47. The minimum absolute atomic E-state index is 0.149. The Morgan fingerprint density at radius 2 is 2.00 bits per heavy atom. The first-order chi connectivity index (χ1) is 13.6. The molecule has 0 aliphatic rings. The number of carbonyl (C=O) groups excluding carboxylic acids is 1. The fourth-order valence-corrected chi connectivity index (χ4v) is 3.54. The molecule has 10 nitrogen and oxygen atoms in total. The lowest BCUT2D eigenvalue weighted by Crippen LogP contribution is -2.18. The van der Waals surface area contributed by atoms with E-state index in [-0.39, 0.29) is 33.9 Å². The minimum Gasteiger partial charge on any atom is -0.326 e. The van der Waals surface area contributed by atoms with Crippen LogP contribution >= 0.6 is 11.6 Å². The summed E-state index contributed by atoms with van der Waals surface area (Å²) in [5.41, 5.74) is 0.346. The molecule has 150 valence electrons. The van der Waals surface area contributed by atoms with E-state index in [2.05, 4.69) is 10.4 Å². The Morgan fingerprint density at radius 3 is 2.62 bits per heavy atom. The predicted molar refractivity (Wildman–Crippen MR) is 105 cm³/mol. The van der Waals surface area contributed by atoms with Crippen molar-refractivity contribution < 1.29 is 18.1 Å². The van der Waals surface area contributed by atoms with E-state index in [9.17, 15) is 23.3 Å². The SMILES string of the molecule is NS(=O)(=O)c1cc(NC(=O)Cc2ccccc2[N+](=O)[O-])ccc1-n1cc(Cl)cn1. The van der Waals surface area contributed by atoms with E-state index in [0.717, 1.165) is 0 Å². The first-order valence-corrected chi connectivity index (χ1v) is 9.97. The van der Waals surface area contributed by atoms with E-state index in [0.29, 0.717) is 5.02 Å². The molecule has 0 bridgehead atoms. The van der Waals surface area contributed by atoms with E-state index in [1.54, 1.807) is 6.07 Å². The number of hydrogen-bond donors (Lipinski definition) is 2. The molecular weight excluding hydrogens is 422 g/mol. The van der Waals surface area contributed by atoms with Gasteiger partial charge in [0.05, 0.1) is 28.3 Å². The summed E-state index contributed by atoms with van der Waals surface area (Å²) in [5.74, 6) is -0.561. The molecule has 1 aromatic heterocycles. The highest BCUT2D eigenvalue weighted by molar-refractivity contribution is 7.89. The third kappa shape index (κ3) is 4.77. The number of primary sulfonamides is 1. The van der Waals surface area contributed by atoms with Crippen molar-refractivity contribution in [1.29, 1.82) is 0 Å². The number of hydrogen-bond acceptors (Lipinski definition) is 6. The molecule has 0 saturated carbocycles. The Kier molecular flexibility index (Phi) is 5.64. The number of nitrogens with zero attached hydrogens (tertiary/aromatic N) is 3. The zero-order chi connectivity index (χ0) is 21.2. The number of aromatic nitrogens is 2. The summed E-state index contributed by atoms with van der Waals surface area (Å²) in [6.45, 7) is 0. The summed E-state index contributed by atoms with van der Waals surface area (Å²) in [6, 6.07) is 9.89. The maximum atomic E-state index is 12.3. The molecule has 0 saturated heterocycles. The third-order valence-electron chi connectivity index (χ3n) is 3.89. The number of para-hydroxylation sites is 1. The molecule has 12 heteroatoms. The average molecular weight is 436 g/mol. The van der Waals surface area contributed by atoms with E-state index in [1.807, 2.05) is 0 Å². The van der Waals surface area contributed by atoms with Crippen molar-refractivity contribution in [3.05, 3.63) is 75.6 Å². The van der Waals surface area contributed by atoms with E-state index >= 15 is 0 Å². The molecule has 3 N–H and O–H groups in total. The van der Waals surface area contributed by atoms with Crippen LogP contribution in [0, 0.1) is 10.1 Å². The molecular formula is C17H14ClN5O5S. The van der Waals surface area contributed by atoms with Crippen LogP contribution in [0.15, 0.2) is 59.8 Å². The first kappa shape index (κ1) is 20.5. The maximum absolute atomic E-state index is 12.3. The number of amides is 1. The number of halogens is 1. The Morgan fingerprint density at radius 1 is 1.28 bits per heavy atom. The monoisotopic (exact) mass is 435 g/mol. The lowest BCUT2D eigenvalue weighted by atomic mass is 10.1. The standard InChI is InChI=1S/C17H14ClN5O5S/c18-12-9-20-22(10-12)15-6-5-13(8-16(15)29(19,27)28)21-17(24)7-11-3-1-2-4-14(11)23(25)26/h1-6,8-10H,7H2,(H,21,24)(H2,19,27,28). The molecule has 0 spiro atoms. The molecule has 0 atom stereocenters. The van der Waals surface area contributed by atoms with Gasteiger partial charge in [0.25, 0.3) is 5.69 Å². The van der Waals surface area contributed by atoms with Crippen LogP contribution in [-0.4, -0.2) is 29.0 Å². The van der Waals surface area contributed by atoms with Crippen molar-refractivity contribution in [2.24, 2.45) is 5.14 Å². The summed E-state index contributed by atoms with van der Waals surface area (Å²) in [5, 5.41) is 23.1. The maximum Gasteiger partial charge on any atom is 0.273 e. The van der Waals surface area contributed by atoms with Gasteiger partial charge in [-0.15, -0.1) is 0 Å². The van der Waals surface area contributed by atoms with Crippen molar-refractivity contribution in [3.8, 4) is 5.69 Å². The van der Waals surface area contributed by atoms with E-state index in [4.69, 9.17) is 16.7 Å². The number of nitro benzene ring substituents is 1. The van der Waals surface area contributed by atoms with Crippen LogP contribution in [-0.2, 0) is 21.2 Å². The van der Waals surface area contributed by atoms with Crippen LogP contribution in [0.2, 0.25) is 5.02 Å². The van der Waals surface area contributed by atoms with Crippen LogP contribution in [0.1, 0.15) is 5.56 Å². The lowest BCUT2D eigenvalue weighted by molar-refractivity contribution is -0.385. The van der Waals surface area contributed by atoms with Crippen molar-refractivity contribution in [2.45, 2.75) is 11.3 Å². The highest BCUT2D eigenvalue weighted by atomic mass is 35.5. The number of sulfonamides is 1. The van der Waals surface area contributed by atoms with Gasteiger partial charge in [0.15, 0.2) is 0 Å². The zero-order valence-electron chi connectivity index (χ0n) is 14.6.